The van der Waals surface area contributed by atoms with Gasteiger partial charge in [-0.05, 0) is 34.7 Å². The molecule has 6 heteroatoms. The van der Waals surface area contributed by atoms with Gasteiger partial charge in [-0.3, -0.25) is 14.4 Å². The van der Waals surface area contributed by atoms with Crippen LogP contribution in [-0.2, 0) is 9.59 Å². The molecular formula is C13H13IN2O3. The molecule has 0 spiro atoms. The first-order valence-electron chi connectivity index (χ1n) is 5.82. The molecule has 0 atom stereocenters. The quantitative estimate of drug-likeness (QED) is 0.448. The molecule has 1 aliphatic heterocycles. The number of likely N-dealkylation sites (N-methyl/N-ethyl adjacent to an activating group) is 1. The minimum absolute atomic E-state index is 0.0427. The Morgan fingerprint density at radius 3 is 2.42 bits per heavy atom. The van der Waals surface area contributed by atoms with Gasteiger partial charge in [-0.25, -0.2) is 0 Å². The second kappa shape index (κ2) is 5.68. The van der Waals surface area contributed by atoms with E-state index in [-0.39, 0.29) is 12.3 Å². The SMILES string of the molecule is CN1CCN(CC(=O)c2ccc(I)cc2)C(=O)C1=O. The van der Waals surface area contributed by atoms with Crippen molar-refractivity contribution >= 4 is 40.2 Å². The first kappa shape index (κ1) is 14.0. The third kappa shape index (κ3) is 3.12. The maximum atomic E-state index is 12.0. The predicted molar refractivity (Wildman–Crippen MR) is 77.7 cm³/mol. The highest BCUT2D eigenvalue weighted by atomic mass is 127. The Labute approximate surface area is 124 Å². The van der Waals surface area contributed by atoms with Crippen molar-refractivity contribution in [1.82, 2.24) is 9.80 Å². The molecule has 0 unspecified atom stereocenters. The number of ketones is 1. The van der Waals surface area contributed by atoms with Gasteiger partial charge in [0.2, 0.25) is 0 Å². The van der Waals surface area contributed by atoms with E-state index in [9.17, 15) is 14.4 Å². The van der Waals surface area contributed by atoms with Crippen molar-refractivity contribution in [2.75, 3.05) is 26.7 Å². The van der Waals surface area contributed by atoms with E-state index in [1.807, 2.05) is 12.1 Å². The summed E-state index contributed by atoms with van der Waals surface area (Å²) in [6.07, 6.45) is 0. The largest absolute Gasteiger partial charge is 0.336 e. The van der Waals surface area contributed by atoms with E-state index < -0.39 is 11.8 Å². The number of nitrogens with zero attached hydrogens (tertiary/aromatic N) is 2. The van der Waals surface area contributed by atoms with Crippen molar-refractivity contribution in [3.8, 4) is 0 Å². The lowest BCUT2D eigenvalue weighted by Crippen LogP contribution is -2.53. The molecule has 1 aromatic carbocycles. The third-order valence-corrected chi connectivity index (χ3v) is 3.74. The number of hydrogen-bond donors (Lipinski definition) is 0. The second-order valence-corrected chi connectivity index (χ2v) is 5.63. The minimum Gasteiger partial charge on any atom is -0.336 e. The maximum absolute atomic E-state index is 12.0. The summed E-state index contributed by atoms with van der Waals surface area (Å²) in [5, 5.41) is 0. The monoisotopic (exact) mass is 372 g/mol. The van der Waals surface area contributed by atoms with E-state index in [4.69, 9.17) is 0 Å². The fourth-order valence-electron chi connectivity index (χ4n) is 1.82. The average molecular weight is 372 g/mol. The smallest absolute Gasteiger partial charge is 0.312 e. The number of rotatable bonds is 3. The topological polar surface area (TPSA) is 57.7 Å². The first-order valence-corrected chi connectivity index (χ1v) is 6.90. The molecule has 1 fully saturated rings. The number of amides is 2. The molecule has 0 aliphatic carbocycles. The standard InChI is InChI=1S/C13H13IN2O3/c1-15-6-7-16(13(19)12(15)18)8-11(17)9-2-4-10(14)5-3-9/h2-5H,6-8H2,1H3. The number of benzene rings is 1. The summed E-state index contributed by atoms with van der Waals surface area (Å²) in [6, 6.07) is 7.13. The average Bonchev–Trinajstić information content (AvgIpc) is 2.40. The maximum Gasteiger partial charge on any atom is 0.312 e. The molecule has 1 heterocycles. The molecule has 1 saturated heterocycles. The van der Waals surface area contributed by atoms with Crippen molar-refractivity contribution in [1.29, 1.82) is 0 Å². The highest BCUT2D eigenvalue weighted by molar-refractivity contribution is 14.1. The van der Waals surface area contributed by atoms with Crippen LogP contribution >= 0.6 is 22.6 Å². The van der Waals surface area contributed by atoms with E-state index in [2.05, 4.69) is 22.6 Å². The fraction of sp³-hybridized carbons (Fsp3) is 0.308. The van der Waals surface area contributed by atoms with Gasteiger partial charge in [-0.2, -0.15) is 0 Å². The number of piperazine rings is 1. The van der Waals surface area contributed by atoms with Crippen LogP contribution in [0.1, 0.15) is 10.4 Å². The summed E-state index contributed by atoms with van der Waals surface area (Å²) in [5.41, 5.74) is 0.555. The Bertz CT molecular complexity index is 527. The van der Waals surface area contributed by atoms with Crippen molar-refractivity contribution in [2.45, 2.75) is 0 Å². The van der Waals surface area contributed by atoms with Crippen LogP contribution in [0.3, 0.4) is 0 Å². The number of carbonyl (C=O) groups is 3. The lowest BCUT2D eigenvalue weighted by atomic mass is 10.1. The van der Waals surface area contributed by atoms with Crippen LogP contribution in [-0.4, -0.2) is 54.1 Å². The normalized spacial score (nSPS) is 15.9. The van der Waals surface area contributed by atoms with E-state index >= 15 is 0 Å². The second-order valence-electron chi connectivity index (χ2n) is 4.38. The summed E-state index contributed by atoms with van der Waals surface area (Å²) in [7, 11) is 1.58. The number of carbonyl (C=O) groups excluding carboxylic acids is 3. The summed E-state index contributed by atoms with van der Waals surface area (Å²) >= 11 is 2.16. The zero-order valence-electron chi connectivity index (χ0n) is 10.4. The Morgan fingerprint density at radius 2 is 1.79 bits per heavy atom. The van der Waals surface area contributed by atoms with Gasteiger partial charge >= 0.3 is 11.8 Å². The molecule has 2 amide bonds. The van der Waals surface area contributed by atoms with Crippen LogP contribution in [0.5, 0.6) is 0 Å². The van der Waals surface area contributed by atoms with Crippen molar-refractivity contribution in [2.24, 2.45) is 0 Å². The molecular weight excluding hydrogens is 359 g/mol. The van der Waals surface area contributed by atoms with Gasteiger partial charge < -0.3 is 9.80 Å². The van der Waals surface area contributed by atoms with Crippen LogP contribution in [0.25, 0.3) is 0 Å². The van der Waals surface area contributed by atoms with Crippen LogP contribution in [0.15, 0.2) is 24.3 Å². The fourth-order valence-corrected chi connectivity index (χ4v) is 2.18. The first-order chi connectivity index (χ1) is 8.99. The van der Waals surface area contributed by atoms with Crippen LogP contribution in [0.4, 0.5) is 0 Å². The molecule has 5 nitrogen and oxygen atoms in total. The Balaban J connectivity index is 2.05. The molecule has 0 radical (unpaired) electrons. The Kier molecular flexibility index (Phi) is 4.18. The molecule has 19 heavy (non-hydrogen) atoms. The number of Topliss-reactive ketones (excluding diaryl/α,β-unsaturated/α-hetero) is 1. The van der Waals surface area contributed by atoms with Crippen LogP contribution in [0.2, 0.25) is 0 Å². The van der Waals surface area contributed by atoms with Gasteiger partial charge in [0, 0.05) is 29.3 Å². The Morgan fingerprint density at radius 1 is 1.16 bits per heavy atom. The zero-order chi connectivity index (χ0) is 14.0. The van der Waals surface area contributed by atoms with Gasteiger partial charge in [-0.1, -0.05) is 12.1 Å². The summed E-state index contributed by atoms with van der Waals surface area (Å²) in [4.78, 5) is 38.0. The van der Waals surface area contributed by atoms with Crippen molar-refractivity contribution in [3.63, 3.8) is 0 Å². The highest BCUT2D eigenvalue weighted by Gasteiger charge is 2.31. The lowest BCUT2D eigenvalue weighted by Gasteiger charge is -2.30. The van der Waals surface area contributed by atoms with Gasteiger partial charge in [0.1, 0.15) is 0 Å². The Hall–Kier alpha value is -1.44. The zero-order valence-corrected chi connectivity index (χ0v) is 12.6. The van der Waals surface area contributed by atoms with Gasteiger partial charge in [-0.15, -0.1) is 0 Å². The summed E-state index contributed by atoms with van der Waals surface area (Å²) in [5.74, 6) is -1.31. The number of halogens is 1. The van der Waals surface area contributed by atoms with Crippen LogP contribution < -0.4 is 0 Å². The molecule has 0 N–H and O–H groups in total. The minimum atomic E-state index is -0.604. The number of hydrogen-bond acceptors (Lipinski definition) is 3. The highest BCUT2D eigenvalue weighted by Crippen LogP contribution is 2.09. The molecule has 2 rings (SSSR count). The van der Waals surface area contributed by atoms with Gasteiger partial charge in [0.25, 0.3) is 0 Å². The summed E-state index contributed by atoms with van der Waals surface area (Å²) < 4.78 is 1.04. The van der Waals surface area contributed by atoms with E-state index in [1.165, 1.54) is 9.80 Å². The van der Waals surface area contributed by atoms with Crippen LogP contribution in [0, 0.1) is 3.57 Å². The van der Waals surface area contributed by atoms with Crippen molar-refractivity contribution < 1.29 is 14.4 Å². The molecule has 0 bridgehead atoms. The summed E-state index contributed by atoms with van der Waals surface area (Å²) in [6.45, 7) is 0.820. The molecule has 1 aromatic rings. The van der Waals surface area contributed by atoms with Gasteiger partial charge in [0.15, 0.2) is 5.78 Å². The lowest BCUT2D eigenvalue weighted by molar-refractivity contribution is -0.154. The molecule has 100 valence electrons. The van der Waals surface area contributed by atoms with Gasteiger partial charge in [0.05, 0.1) is 6.54 Å². The van der Waals surface area contributed by atoms with Crippen molar-refractivity contribution in [3.05, 3.63) is 33.4 Å². The molecule has 0 aromatic heterocycles. The van der Waals surface area contributed by atoms with E-state index in [0.717, 1.165) is 3.57 Å². The molecule has 0 saturated carbocycles. The van der Waals surface area contributed by atoms with E-state index in [0.29, 0.717) is 18.7 Å². The third-order valence-electron chi connectivity index (χ3n) is 3.02. The molecule has 1 aliphatic rings. The predicted octanol–water partition coefficient (Wildman–Crippen LogP) is 0.774. The van der Waals surface area contributed by atoms with E-state index in [1.54, 1.807) is 19.2 Å².